The van der Waals surface area contributed by atoms with Crippen molar-refractivity contribution >= 4 is 127 Å². The predicted octanol–water partition coefficient (Wildman–Crippen LogP) is -10.9. The standard InChI is InChI=1S/2Al.2Na.10H2O.3Si/h;;;;10*1H2;;;. The average molecular weight is 364 g/mol. The normalized spacial score (nSPS) is 0. The summed E-state index contributed by atoms with van der Waals surface area (Å²) in [7, 11) is 0. The van der Waals surface area contributed by atoms with Crippen LogP contribution in [0.1, 0.15) is 0 Å². The fraction of sp³-hybridized carbons (Fsp3) is 0. The predicted molar refractivity (Wildman–Crippen MR) is 76.4 cm³/mol. The van der Waals surface area contributed by atoms with Gasteiger partial charge in [0.2, 0.25) is 0 Å². The zero-order valence-corrected chi connectivity index (χ0v) is 19.0. The summed E-state index contributed by atoms with van der Waals surface area (Å²) >= 11 is 0. The summed E-state index contributed by atoms with van der Waals surface area (Å²) < 4.78 is 0. The van der Waals surface area contributed by atoms with Gasteiger partial charge in [-0.05, 0) is 0 Å². The first-order chi connectivity index (χ1) is 0. The molecule has 0 rings (SSSR count). The summed E-state index contributed by atoms with van der Waals surface area (Å²) in [5.74, 6) is 0. The largest absolute Gasteiger partial charge is 0.412 e. The molecule has 20 radical (unpaired) electrons. The van der Waals surface area contributed by atoms with Crippen LogP contribution in [0.2, 0.25) is 0 Å². The maximum absolute atomic E-state index is 0. The topological polar surface area (TPSA) is 315 Å². The molecule has 0 aromatic rings. The fourth-order valence-electron chi connectivity index (χ4n) is 0. The Morgan fingerprint density at radius 1 is 0.235 bits per heavy atom. The van der Waals surface area contributed by atoms with Crippen molar-refractivity contribution < 1.29 is 54.8 Å². The summed E-state index contributed by atoms with van der Waals surface area (Å²) in [4.78, 5) is 0. The Hall–Kier alpha value is 3.32. The van der Waals surface area contributed by atoms with Gasteiger partial charge in [0.1, 0.15) is 0 Å². The van der Waals surface area contributed by atoms with E-state index in [9.17, 15) is 0 Å². The molecule has 0 aromatic carbocycles. The molecular weight excluding hydrogens is 344 g/mol. The van der Waals surface area contributed by atoms with E-state index in [2.05, 4.69) is 0 Å². The molecule has 17 heteroatoms. The summed E-state index contributed by atoms with van der Waals surface area (Å²) in [6.07, 6.45) is 0. The van der Waals surface area contributed by atoms with E-state index in [4.69, 9.17) is 0 Å². The van der Waals surface area contributed by atoms with Crippen LogP contribution in [-0.4, -0.2) is 181 Å². The minimum Gasteiger partial charge on any atom is -0.412 e. The summed E-state index contributed by atoms with van der Waals surface area (Å²) in [5, 5.41) is 0. The van der Waals surface area contributed by atoms with Gasteiger partial charge in [0.05, 0.1) is 0 Å². The Kier molecular flexibility index (Phi) is 23900. The van der Waals surface area contributed by atoms with E-state index < -0.39 is 0 Å². The average Bonchev–Trinajstić information content (AvgIpc) is 0. The molecule has 0 fully saturated rings. The Balaban J connectivity index is 0. The van der Waals surface area contributed by atoms with Gasteiger partial charge >= 0.3 is 0 Å². The van der Waals surface area contributed by atoms with Crippen molar-refractivity contribution in [2.45, 2.75) is 0 Å². The van der Waals surface area contributed by atoms with Crippen LogP contribution in [0.5, 0.6) is 0 Å². The molecule has 100 valence electrons. The van der Waals surface area contributed by atoms with Crippen LogP contribution < -0.4 is 0 Å². The second-order valence-electron chi connectivity index (χ2n) is 0. The molecule has 0 aliphatic carbocycles. The molecule has 10 nitrogen and oxygen atoms in total. The molecule has 0 saturated carbocycles. The number of rotatable bonds is 0. The van der Waals surface area contributed by atoms with Crippen LogP contribution >= 0.6 is 0 Å². The number of hydrogen-bond donors (Lipinski definition) is 0. The van der Waals surface area contributed by atoms with E-state index in [0.29, 0.717) is 0 Å². The molecule has 0 aromatic heterocycles. The molecule has 0 spiro atoms. The van der Waals surface area contributed by atoms with Crippen LogP contribution in [0.15, 0.2) is 0 Å². The van der Waals surface area contributed by atoms with Gasteiger partial charge < -0.3 is 54.8 Å². The van der Waals surface area contributed by atoms with Crippen molar-refractivity contribution in [1.82, 2.24) is 0 Å². The van der Waals surface area contributed by atoms with Crippen molar-refractivity contribution in [3.8, 4) is 0 Å². The summed E-state index contributed by atoms with van der Waals surface area (Å²) in [5.41, 5.74) is 0. The molecule has 0 bridgehead atoms. The molecule has 0 atom stereocenters. The van der Waals surface area contributed by atoms with Gasteiger partial charge in [-0.25, -0.2) is 0 Å². The van der Waals surface area contributed by atoms with Gasteiger partial charge in [0.25, 0.3) is 0 Å². The van der Waals surface area contributed by atoms with Gasteiger partial charge in [-0.15, -0.1) is 0 Å². The molecule has 0 saturated heterocycles. The summed E-state index contributed by atoms with van der Waals surface area (Å²) in [6.45, 7) is 0. The first-order valence-electron chi connectivity index (χ1n) is 0. The van der Waals surface area contributed by atoms with Crippen molar-refractivity contribution in [2.24, 2.45) is 0 Å². The molecule has 17 heavy (non-hydrogen) atoms. The van der Waals surface area contributed by atoms with Gasteiger partial charge in [0, 0.05) is 127 Å². The van der Waals surface area contributed by atoms with Crippen molar-refractivity contribution in [3.63, 3.8) is 0 Å². The van der Waals surface area contributed by atoms with E-state index in [1.165, 1.54) is 0 Å². The zero-order valence-electron chi connectivity index (χ0n) is 9.65. The van der Waals surface area contributed by atoms with E-state index >= 15 is 0 Å². The van der Waals surface area contributed by atoms with E-state index in [1.54, 1.807) is 0 Å². The monoisotopic (exact) mass is 364 g/mol. The molecule has 0 aliphatic rings. The minimum atomic E-state index is 0. The van der Waals surface area contributed by atoms with E-state index in [0.717, 1.165) is 0 Å². The maximum atomic E-state index is 0. The minimum absolute atomic E-state index is 0. The van der Waals surface area contributed by atoms with Crippen molar-refractivity contribution in [3.05, 3.63) is 0 Å². The molecule has 0 aliphatic heterocycles. The van der Waals surface area contributed by atoms with Crippen LogP contribution in [0.4, 0.5) is 0 Å². The van der Waals surface area contributed by atoms with Crippen LogP contribution in [0.3, 0.4) is 0 Å². The second-order valence-corrected chi connectivity index (χ2v) is 0. The Morgan fingerprint density at radius 2 is 0.235 bits per heavy atom. The summed E-state index contributed by atoms with van der Waals surface area (Å²) in [6, 6.07) is 0. The molecular formula is H20Al2Na2O10Si3. The third kappa shape index (κ3) is 527. The maximum Gasteiger partial charge on any atom is 0 e. The van der Waals surface area contributed by atoms with Gasteiger partial charge in [0.15, 0.2) is 0 Å². The first-order valence-corrected chi connectivity index (χ1v) is 0. The molecule has 20 N–H and O–H groups in total. The van der Waals surface area contributed by atoms with E-state index in [1.807, 2.05) is 0 Å². The Morgan fingerprint density at radius 3 is 0.235 bits per heavy atom. The van der Waals surface area contributed by atoms with Crippen molar-refractivity contribution in [2.75, 3.05) is 0 Å². The van der Waals surface area contributed by atoms with Crippen molar-refractivity contribution in [1.29, 1.82) is 0 Å². The van der Waals surface area contributed by atoms with Crippen LogP contribution in [-0.2, 0) is 0 Å². The van der Waals surface area contributed by atoms with Gasteiger partial charge in [-0.3, -0.25) is 0 Å². The molecule has 0 heterocycles. The SMILES string of the molecule is O.O.O.O.O.O.O.O.O.O.[Al].[Al].[Na].[Na].[Si].[Si].[Si]. The molecule has 0 unspecified atom stereocenters. The van der Waals surface area contributed by atoms with Crippen LogP contribution in [0, 0.1) is 0 Å². The fourth-order valence-corrected chi connectivity index (χ4v) is 0. The third-order valence-electron chi connectivity index (χ3n) is 0. The van der Waals surface area contributed by atoms with Gasteiger partial charge in [-0.1, -0.05) is 0 Å². The Bertz CT molecular complexity index is 27.5. The smallest absolute Gasteiger partial charge is 0 e. The Labute approximate surface area is 179 Å². The molecule has 0 amide bonds. The van der Waals surface area contributed by atoms with Crippen LogP contribution in [0.25, 0.3) is 0 Å². The first kappa shape index (κ1) is 689. The second kappa shape index (κ2) is 589. The quantitative estimate of drug-likeness (QED) is 0.361. The van der Waals surface area contributed by atoms with E-state index in [-0.39, 0.29) is 181 Å². The number of hydrogen-bond acceptors (Lipinski definition) is 0. The third-order valence-corrected chi connectivity index (χ3v) is 0. The zero-order chi connectivity index (χ0) is 0. The van der Waals surface area contributed by atoms with Gasteiger partial charge in [-0.2, -0.15) is 0 Å².